The van der Waals surface area contributed by atoms with E-state index < -0.39 is 15.9 Å². The zero-order chi connectivity index (χ0) is 20.0. The molecular weight excluding hydrogens is 386 g/mol. The first-order valence-corrected chi connectivity index (χ1v) is 11.8. The van der Waals surface area contributed by atoms with Crippen molar-refractivity contribution in [2.45, 2.75) is 50.7 Å². The Labute approximate surface area is 170 Å². The highest BCUT2D eigenvalue weighted by molar-refractivity contribution is 7.91. The molecule has 1 heterocycles. The van der Waals surface area contributed by atoms with Crippen LogP contribution in [0.4, 0.5) is 10.5 Å². The van der Waals surface area contributed by atoms with Crippen LogP contribution in [0, 0.1) is 0 Å². The molecule has 0 fully saturated rings. The lowest BCUT2D eigenvalue weighted by atomic mass is 9.99. The number of nitrogens with zero attached hydrogens (tertiary/aromatic N) is 1. The van der Waals surface area contributed by atoms with Crippen LogP contribution >= 0.6 is 0 Å². The van der Waals surface area contributed by atoms with Crippen LogP contribution in [-0.4, -0.2) is 16.1 Å². The number of hydrogen-bond acceptors (Lipinski definition) is 3. The maximum Gasteiger partial charge on any atom is 0.354 e. The van der Waals surface area contributed by atoms with Gasteiger partial charge < -0.3 is 5.32 Å². The molecule has 2 N–H and O–H groups in total. The predicted octanol–water partition coefficient (Wildman–Crippen LogP) is 3.45. The Bertz CT molecular complexity index is 1130. The van der Waals surface area contributed by atoms with Gasteiger partial charge >= 0.3 is 6.03 Å². The van der Waals surface area contributed by atoms with Crippen molar-refractivity contribution in [1.29, 1.82) is 0 Å². The van der Waals surface area contributed by atoms with E-state index in [-0.39, 0.29) is 18.1 Å². The van der Waals surface area contributed by atoms with Crippen molar-refractivity contribution in [2.75, 3.05) is 5.32 Å². The summed E-state index contributed by atoms with van der Waals surface area (Å²) >= 11 is 0. The van der Waals surface area contributed by atoms with Crippen molar-refractivity contribution in [3.8, 4) is 0 Å². The fourth-order valence-corrected chi connectivity index (χ4v) is 6.42. The number of anilines is 1. The topological polar surface area (TPSA) is 87.6 Å². The molecule has 0 saturated carbocycles. The standard InChI is InChI=1S/C22H23N3O3S/c26-20-12-14-5-1-2-6-17(14)13-29(28,24-20)25-22(27)23-21-18-9-3-7-15(18)11-16-8-4-10-19(16)21/h1-2,5-6,11H,3-4,7-10,12-13H2,(H2,23,24,25,26,27,28). The third-order valence-corrected chi connectivity index (χ3v) is 7.74. The summed E-state index contributed by atoms with van der Waals surface area (Å²) in [5.41, 5.74) is 7.48. The Hall–Kier alpha value is -2.67. The molecule has 0 spiro atoms. The molecule has 2 aromatic carbocycles. The Balaban J connectivity index is 1.49. The monoisotopic (exact) mass is 409 g/mol. The van der Waals surface area contributed by atoms with Crippen LogP contribution < -0.4 is 10.0 Å². The molecule has 0 aromatic heterocycles. The minimum atomic E-state index is -3.22. The zero-order valence-electron chi connectivity index (χ0n) is 16.1. The Morgan fingerprint density at radius 2 is 1.62 bits per heavy atom. The van der Waals surface area contributed by atoms with E-state index in [1.54, 1.807) is 0 Å². The number of carbonyl (C=O) groups excluding carboxylic acids is 2. The number of aryl methyl sites for hydroxylation is 2. The number of fused-ring (bicyclic) bond motifs is 3. The lowest BCUT2D eigenvalue weighted by Gasteiger charge is -2.15. The van der Waals surface area contributed by atoms with E-state index in [4.69, 9.17) is 0 Å². The van der Waals surface area contributed by atoms with Crippen LogP contribution in [-0.2, 0) is 52.6 Å². The van der Waals surface area contributed by atoms with Crippen molar-refractivity contribution in [3.05, 3.63) is 63.7 Å². The van der Waals surface area contributed by atoms with E-state index in [1.165, 1.54) is 22.3 Å². The quantitative estimate of drug-likeness (QED) is 0.756. The maximum absolute atomic E-state index is 13.3. The van der Waals surface area contributed by atoms with E-state index >= 15 is 0 Å². The molecule has 6 nitrogen and oxygen atoms in total. The van der Waals surface area contributed by atoms with Gasteiger partial charge in [-0.1, -0.05) is 30.3 Å². The van der Waals surface area contributed by atoms with E-state index in [0.717, 1.165) is 55.3 Å². The van der Waals surface area contributed by atoms with Gasteiger partial charge in [0.1, 0.15) is 9.92 Å². The molecule has 29 heavy (non-hydrogen) atoms. The molecule has 0 radical (unpaired) electrons. The van der Waals surface area contributed by atoms with Crippen LogP contribution in [0.5, 0.6) is 0 Å². The molecule has 0 saturated heterocycles. The molecule has 2 aromatic rings. The van der Waals surface area contributed by atoms with Gasteiger partial charge in [-0.3, -0.25) is 9.52 Å². The average Bonchev–Trinajstić information content (AvgIpc) is 3.29. The van der Waals surface area contributed by atoms with E-state index in [0.29, 0.717) is 0 Å². The molecule has 7 heteroatoms. The Morgan fingerprint density at radius 1 is 0.966 bits per heavy atom. The van der Waals surface area contributed by atoms with Gasteiger partial charge in [0.2, 0.25) is 5.91 Å². The Morgan fingerprint density at radius 3 is 2.31 bits per heavy atom. The average molecular weight is 410 g/mol. The molecule has 150 valence electrons. The summed E-state index contributed by atoms with van der Waals surface area (Å²) < 4.78 is 19.8. The molecule has 1 atom stereocenters. The second-order valence-corrected chi connectivity index (χ2v) is 9.97. The molecular formula is C22H23N3O3S. The summed E-state index contributed by atoms with van der Waals surface area (Å²) in [4.78, 5) is 25.0. The fraction of sp³-hybridized carbons (Fsp3) is 0.364. The summed E-state index contributed by atoms with van der Waals surface area (Å²) in [6.45, 7) is 0. The van der Waals surface area contributed by atoms with Gasteiger partial charge in [0.05, 0.1) is 12.2 Å². The largest absolute Gasteiger partial charge is 0.354 e. The van der Waals surface area contributed by atoms with E-state index in [9.17, 15) is 13.8 Å². The van der Waals surface area contributed by atoms with Gasteiger partial charge in [-0.25, -0.2) is 9.00 Å². The van der Waals surface area contributed by atoms with Crippen molar-refractivity contribution < 1.29 is 13.8 Å². The van der Waals surface area contributed by atoms with Crippen LogP contribution in [0.15, 0.2) is 34.7 Å². The molecule has 2 aliphatic carbocycles. The highest BCUT2D eigenvalue weighted by Gasteiger charge is 2.27. The SMILES string of the molecule is O=C1Cc2ccccc2CS(=O)(=NC(=O)Nc2c3c(cc4c2CCC4)CCC3)N1. The molecule has 0 bridgehead atoms. The number of urea groups is 1. The lowest BCUT2D eigenvalue weighted by Crippen LogP contribution is -2.31. The predicted molar refractivity (Wildman–Crippen MR) is 112 cm³/mol. The third-order valence-electron chi connectivity index (χ3n) is 6.03. The van der Waals surface area contributed by atoms with Gasteiger partial charge in [0.15, 0.2) is 0 Å². The first-order valence-electron chi connectivity index (χ1n) is 10.1. The first-order chi connectivity index (χ1) is 14.0. The van der Waals surface area contributed by atoms with Crippen LogP contribution in [0.25, 0.3) is 0 Å². The van der Waals surface area contributed by atoms with Crippen LogP contribution in [0.1, 0.15) is 46.2 Å². The van der Waals surface area contributed by atoms with Crippen molar-refractivity contribution in [3.63, 3.8) is 0 Å². The lowest BCUT2D eigenvalue weighted by molar-refractivity contribution is -0.118. The normalized spacial score (nSPS) is 22.1. The molecule has 5 rings (SSSR count). The summed E-state index contributed by atoms with van der Waals surface area (Å²) in [6, 6.07) is 9.01. The zero-order valence-corrected chi connectivity index (χ0v) is 16.9. The third kappa shape index (κ3) is 3.44. The molecule has 3 aliphatic rings. The van der Waals surface area contributed by atoms with Gasteiger partial charge in [-0.2, -0.15) is 0 Å². The van der Waals surface area contributed by atoms with Gasteiger partial charge in [0, 0.05) is 5.69 Å². The number of carbonyl (C=O) groups is 2. The number of rotatable bonds is 1. The summed E-state index contributed by atoms with van der Waals surface area (Å²) in [6.07, 6.45) is 6.27. The van der Waals surface area contributed by atoms with Crippen LogP contribution in [0.2, 0.25) is 0 Å². The summed E-state index contributed by atoms with van der Waals surface area (Å²) in [5.74, 6) is -0.342. The Kier molecular flexibility index (Phi) is 4.42. The minimum Gasteiger partial charge on any atom is -0.305 e. The van der Waals surface area contributed by atoms with E-state index in [2.05, 4.69) is 20.5 Å². The smallest absolute Gasteiger partial charge is 0.305 e. The highest BCUT2D eigenvalue weighted by Crippen LogP contribution is 2.38. The van der Waals surface area contributed by atoms with Crippen molar-refractivity contribution >= 4 is 27.5 Å². The van der Waals surface area contributed by atoms with E-state index in [1.807, 2.05) is 24.3 Å². The summed E-state index contributed by atoms with van der Waals surface area (Å²) in [7, 11) is -3.22. The van der Waals surface area contributed by atoms with Gasteiger partial charge in [-0.05, 0) is 71.9 Å². The van der Waals surface area contributed by atoms with Gasteiger partial charge in [-0.15, -0.1) is 4.36 Å². The van der Waals surface area contributed by atoms with Gasteiger partial charge in [0.25, 0.3) is 0 Å². The second kappa shape index (κ2) is 6.99. The number of benzene rings is 2. The number of nitrogens with one attached hydrogen (secondary N) is 2. The minimum absolute atomic E-state index is 0.0351. The highest BCUT2D eigenvalue weighted by atomic mass is 32.2. The molecule has 3 amide bonds. The van der Waals surface area contributed by atoms with Crippen molar-refractivity contribution in [1.82, 2.24) is 4.72 Å². The first kappa shape index (κ1) is 18.4. The number of hydrogen-bond donors (Lipinski definition) is 2. The van der Waals surface area contributed by atoms with Crippen molar-refractivity contribution in [2.24, 2.45) is 4.36 Å². The second-order valence-electron chi connectivity index (χ2n) is 8.01. The fourth-order valence-electron chi connectivity index (χ4n) is 4.79. The maximum atomic E-state index is 13.3. The molecule has 1 aliphatic heterocycles. The summed E-state index contributed by atoms with van der Waals surface area (Å²) in [5, 5.41) is 2.94. The molecule has 1 unspecified atom stereocenters. The number of amides is 3. The van der Waals surface area contributed by atoms with Crippen LogP contribution in [0.3, 0.4) is 0 Å².